The van der Waals surface area contributed by atoms with Crippen LogP contribution in [0.1, 0.15) is 0 Å². The summed E-state index contributed by atoms with van der Waals surface area (Å²) in [5.74, 6) is 0. The lowest BCUT2D eigenvalue weighted by Gasteiger charge is -2.11. The second-order valence-electron chi connectivity index (χ2n) is 9.03. The number of aromatic amines is 1. The molecule has 1 heterocycles. The van der Waals surface area contributed by atoms with E-state index in [1.807, 2.05) is 0 Å². The molecule has 0 unspecified atom stereocenters. The molecular formula is C32H19N. The molecule has 1 N–H and O–H groups in total. The van der Waals surface area contributed by atoms with Gasteiger partial charge in [-0.1, -0.05) is 97.1 Å². The topological polar surface area (TPSA) is 15.8 Å². The Kier molecular flexibility index (Phi) is 3.19. The molecule has 0 atom stereocenters. The van der Waals surface area contributed by atoms with Gasteiger partial charge in [-0.15, -0.1) is 0 Å². The van der Waals surface area contributed by atoms with E-state index in [2.05, 4.69) is 114 Å². The molecule has 6 aromatic carbocycles. The van der Waals surface area contributed by atoms with Gasteiger partial charge in [-0.3, -0.25) is 0 Å². The molecule has 7 aromatic rings. The number of H-pyrrole nitrogens is 1. The van der Waals surface area contributed by atoms with E-state index in [4.69, 9.17) is 0 Å². The van der Waals surface area contributed by atoms with E-state index in [0.29, 0.717) is 0 Å². The van der Waals surface area contributed by atoms with Crippen LogP contribution in [0.15, 0.2) is 109 Å². The van der Waals surface area contributed by atoms with E-state index in [1.54, 1.807) is 0 Å². The normalized spacial score (nSPS) is 12.2. The van der Waals surface area contributed by atoms with Crippen molar-refractivity contribution in [3.05, 3.63) is 109 Å². The summed E-state index contributed by atoms with van der Waals surface area (Å²) in [6.07, 6.45) is 0. The van der Waals surface area contributed by atoms with E-state index in [1.165, 1.54) is 76.7 Å². The van der Waals surface area contributed by atoms with Gasteiger partial charge in [-0.05, 0) is 61.5 Å². The fourth-order valence-corrected chi connectivity index (χ4v) is 5.88. The Bertz CT molecular complexity index is 1890. The van der Waals surface area contributed by atoms with Gasteiger partial charge < -0.3 is 4.98 Å². The predicted molar refractivity (Wildman–Crippen MR) is 141 cm³/mol. The van der Waals surface area contributed by atoms with Gasteiger partial charge in [0.05, 0.1) is 5.52 Å². The van der Waals surface area contributed by atoms with Crippen molar-refractivity contribution in [1.82, 2.24) is 4.98 Å². The van der Waals surface area contributed by atoms with Gasteiger partial charge in [-0.2, -0.15) is 0 Å². The van der Waals surface area contributed by atoms with Crippen LogP contribution in [-0.2, 0) is 0 Å². The molecule has 1 aromatic heterocycles. The maximum atomic E-state index is 3.76. The highest BCUT2D eigenvalue weighted by Crippen LogP contribution is 2.49. The Labute approximate surface area is 190 Å². The SMILES string of the molecule is c1ccc2c(c1)-c1cccc3c(-c4cccc5c4[nH]c4cc6ccccc6cc45)ccc-2c13. The summed E-state index contributed by atoms with van der Waals surface area (Å²) in [5, 5.41) is 7.79. The fraction of sp³-hybridized carbons (Fsp3) is 0. The van der Waals surface area contributed by atoms with Gasteiger partial charge in [0, 0.05) is 21.9 Å². The molecule has 0 aliphatic heterocycles. The average molecular weight is 418 g/mol. The number of hydrogen-bond acceptors (Lipinski definition) is 0. The van der Waals surface area contributed by atoms with E-state index in [-0.39, 0.29) is 0 Å². The highest BCUT2D eigenvalue weighted by Gasteiger charge is 2.22. The van der Waals surface area contributed by atoms with Crippen LogP contribution in [0.4, 0.5) is 0 Å². The smallest absolute Gasteiger partial charge is 0.0544 e. The first-order valence-electron chi connectivity index (χ1n) is 11.5. The summed E-state index contributed by atoms with van der Waals surface area (Å²) in [6, 6.07) is 40.0. The zero-order chi connectivity index (χ0) is 21.5. The van der Waals surface area contributed by atoms with Gasteiger partial charge in [0.1, 0.15) is 0 Å². The highest BCUT2D eigenvalue weighted by atomic mass is 14.7. The standard InChI is InChI=1S/C32H19N/c1-2-8-20-18-30-29(17-19(20)7-1)28-14-6-13-27(32(28)33-30)23-15-16-26-22-10-4-3-9-21(22)24-11-5-12-25(23)31(24)26/h1-18,33H. The lowest BCUT2D eigenvalue weighted by molar-refractivity contribution is 1.55. The molecular weight excluding hydrogens is 398 g/mol. The summed E-state index contributed by atoms with van der Waals surface area (Å²) in [5.41, 5.74) is 10.3. The summed E-state index contributed by atoms with van der Waals surface area (Å²) in [6.45, 7) is 0. The van der Waals surface area contributed by atoms with Crippen LogP contribution in [0.2, 0.25) is 0 Å². The quantitative estimate of drug-likeness (QED) is 0.274. The third kappa shape index (κ3) is 2.21. The van der Waals surface area contributed by atoms with Crippen LogP contribution < -0.4 is 0 Å². The van der Waals surface area contributed by atoms with Crippen LogP contribution in [0.25, 0.3) is 76.7 Å². The van der Waals surface area contributed by atoms with Crippen LogP contribution >= 0.6 is 0 Å². The van der Waals surface area contributed by atoms with Gasteiger partial charge in [0.2, 0.25) is 0 Å². The van der Waals surface area contributed by atoms with Crippen molar-refractivity contribution in [1.29, 1.82) is 0 Å². The van der Waals surface area contributed by atoms with Crippen LogP contribution in [0.5, 0.6) is 0 Å². The van der Waals surface area contributed by atoms with E-state index in [0.717, 1.165) is 0 Å². The second-order valence-corrected chi connectivity index (χ2v) is 9.03. The first-order valence-corrected chi connectivity index (χ1v) is 11.5. The van der Waals surface area contributed by atoms with Crippen LogP contribution in [-0.4, -0.2) is 4.98 Å². The lowest BCUT2D eigenvalue weighted by Crippen LogP contribution is -1.85. The number of para-hydroxylation sites is 1. The first-order chi connectivity index (χ1) is 16.4. The number of aromatic nitrogens is 1. The molecule has 0 saturated carbocycles. The van der Waals surface area contributed by atoms with Crippen molar-refractivity contribution >= 4 is 43.4 Å². The Balaban J connectivity index is 1.46. The molecule has 0 radical (unpaired) electrons. The van der Waals surface area contributed by atoms with Gasteiger partial charge >= 0.3 is 0 Å². The third-order valence-corrected chi connectivity index (χ3v) is 7.34. The van der Waals surface area contributed by atoms with Crippen molar-refractivity contribution in [2.24, 2.45) is 0 Å². The monoisotopic (exact) mass is 417 g/mol. The largest absolute Gasteiger partial charge is 0.354 e. The zero-order valence-electron chi connectivity index (χ0n) is 17.9. The van der Waals surface area contributed by atoms with E-state index < -0.39 is 0 Å². The van der Waals surface area contributed by atoms with Crippen molar-refractivity contribution < 1.29 is 0 Å². The number of rotatable bonds is 1. The molecule has 152 valence electrons. The number of benzene rings is 6. The summed E-state index contributed by atoms with van der Waals surface area (Å²) < 4.78 is 0. The van der Waals surface area contributed by atoms with Crippen molar-refractivity contribution in [3.8, 4) is 33.4 Å². The minimum Gasteiger partial charge on any atom is -0.354 e. The molecule has 1 aliphatic carbocycles. The van der Waals surface area contributed by atoms with Gasteiger partial charge in [0.15, 0.2) is 0 Å². The molecule has 0 bridgehead atoms. The average Bonchev–Trinajstić information content (AvgIpc) is 3.40. The maximum Gasteiger partial charge on any atom is 0.0544 e. The molecule has 0 amide bonds. The summed E-state index contributed by atoms with van der Waals surface area (Å²) in [7, 11) is 0. The Morgan fingerprint density at radius 1 is 0.394 bits per heavy atom. The van der Waals surface area contributed by atoms with Crippen molar-refractivity contribution in [2.45, 2.75) is 0 Å². The Morgan fingerprint density at radius 2 is 1.00 bits per heavy atom. The Morgan fingerprint density at radius 3 is 1.82 bits per heavy atom. The number of fused-ring (bicyclic) bond motifs is 7. The van der Waals surface area contributed by atoms with E-state index >= 15 is 0 Å². The highest BCUT2D eigenvalue weighted by molar-refractivity contribution is 6.21. The first kappa shape index (κ1) is 17.2. The van der Waals surface area contributed by atoms with Gasteiger partial charge in [-0.25, -0.2) is 0 Å². The molecule has 8 rings (SSSR count). The summed E-state index contributed by atoms with van der Waals surface area (Å²) >= 11 is 0. The lowest BCUT2D eigenvalue weighted by atomic mass is 9.93. The minimum atomic E-state index is 1.19. The molecule has 33 heavy (non-hydrogen) atoms. The Hall–Kier alpha value is -4.36. The molecule has 0 fully saturated rings. The number of hydrogen-bond donors (Lipinski definition) is 1. The molecule has 1 aliphatic rings. The van der Waals surface area contributed by atoms with E-state index in [9.17, 15) is 0 Å². The summed E-state index contributed by atoms with van der Waals surface area (Å²) in [4.78, 5) is 3.76. The molecule has 0 spiro atoms. The van der Waals surface area contributed by atoms with Gasteiger partial charge in [0.25, 0.3) is 0 Å². The van der Waals surface area contributed by atoms with Crippen LogP contribution in [0, 0.1) is 0 Å². The van der Waals surface area contributed by atoms with Crippen LogP contribution in [0.3, 0.4) is 0 Å². The zero-order valence-corrected chi connectivity index (χ0v) is 17.9. The predicted octanol–water partition coefficient (Wildman–Crippen LogP) is 8.94. The fourth-order valence-electron chi connectivity index (χ4n) is 5.88. The maximum absolute atomic E-state index is 3.76. The third-order valence-electron chi connectivity index (χ3n) is 7.34. The molecule has 1 nitrogen and oxygen atoms in total. The molecule has 1 heteroatoms. The van der Waals surface area contributed by atoms with Crippen molar-refractivity contribution in [3.63, 3.8) is 0 Å². The number of nitrogens with one attached hydrogen (secondary N) is 1. The molecule has 0 saturated heterocycles. The minimum absolute atomic E-state index is 1.19. The second kappa shape index (κ2) is 6.11. The van der Waals surface area contributed by atoms with Crippen molar-refractivity contribution in [2.75, 3.05) is 0 Å².